The van der Waals surface area contributed by atoms with Crippen molar-refractivity contribution in [1.29, 1.82) is 0 Å². The van der Waals surface area contributed by atoms with Crippen LogP contribution in [0.5, 0.6) is 0 Å². The third-order valence-electron chi connectivity index (χ3n) is 3.92. The predicted molar refractivity (Wildman–Crippen MR) is 81.7 cm³/mol. The summed E-state index contributed by atoms with van der Waals surface area (Å²) in [6, 6.07) is 3.48. The predicted octanol–water partition coefficient (Wildman–Crippen LogP) is 2.08. The zero-order chi connectivity index (χ0) is 15.3. The fraction of sp³-hybridized carbons (Fsp3) is 0.529. The minimum absolute atomic E-state index is 0.00522. The monoisotopic (exact) mass is 286 g/mol. The molecule has 4 heteroatoms. The van der Waals surface area contributed by atoms with Gasteiger partial charge in [-0.3, -0.25) is 4.79 Å². The van der Waals surface area contributed by atoms with E-state index < -0.39 is 0 Å². The lowest BCUT2D eigenvalue weighted by Crippen LogP contribution is -2.32. The van der Waals surface area contributed by atoms with E-state index in [0.29, 0.717) is 16.7 Å². The first-order valence-corrected chi connectivity index (χ1v) is 7.37. The molecule has 1 aliphatic rings. The molecule has 0 saturated carbocycles. The first kappa shape index (κ1) is 15.5. The van der Waals surface area contributed by atoms with Crippen LogP contribution < -0.4 is 0 Å². The lowest BCUT2D eigenvalue weighted by molar-refractivity contribution is 0.0751. The summed E-state index contributed by atoms with van der Waals surface area (Å²) in [5.74, 6) is 5.33. The van der Waals surface area contributed by atoms with Gasteiger partial charge in [0.2, 0.25) is 0 Å². The third-order valence-corrected chi connectivity index (χ3v) is 3.92. The standard InChI is InChI=1S/C17H22N2O2/c1-17(2)8-4-10-19(11-9-17)16(21)15-7-6-14(13-18-15)5-3-12-20/h6-7,13,20H,4,8-12H2,1-2H3. The Hall–Kier alpha value is -1.86. The SMILES string of the molecule is CC1(C)CCCN(C(=O)c2ccc(C#CCO)cn2)CC1. The Morgan fingerprint density at radius 3 is 2.86 bits per heavy atom. The summed E-state index contributed by atoms with van der Waals surface area (Å²) in [5.41, 5.74) is 1.48. The summed E-state index contributed by atoms with van der Waals surface area (Å²) in [5, 5.41) is 8.65. The van der Waals surface area contributed by atoms with Gasteiger partial charge in [0.1, 0.15) is 12.3 Å². The lowest BCUT2D eigenvalue weighted by Gasteiger charge is -2.23. The van der Waals surface area contributed by atoms with E-state index in [9.17, 15) is 4.79 Å². The molecule has 0 radical (unpaired) electrons. The maximum absolute atomic E-state index is 12.5. The molecule has 0 aromatic carbocycles. The summed E-state index contributed by atoms with van der Waals surface area (Å²) < 4.78 is 0. The van der Waals surface area contributed by atoms with Crippen molar-refractivity contribution in [2.24, 2.45) is 5.41 Å². The maximum atomic E-state index is 12.5. The normalized spacial score (nSPS) is 17.6. The van der Waals surface area contributed by atoms with E-state index in [0.717, 1.165) is 32.4 Å². The van der Waals surface area contributed by atoms with Crippen molar-refractivity contribution in [3.8, 4) is 11.8 Å². The number of amides is 1. The minimum atomic E-state index is -0.176. The molecule has 1 N–H and O–H groups in total. The summed E-state index contributed by atoms with van der Waals surface area (Å²) in [6.07, 6.45) is 4.80. The van der Waals surface area contributed by atoms with Gasteiger partial charge in [-0.05, 0) is 36.8 Å². The van der Waals surface area contributed by atoms with Gasteiger partial charge in [-0.25, -0.2) is 4.98 Å². The van der Waals surface area contributed by atoms with Crippen LogP contribution in [0.15, 0.2) is 18.3 Å². The Bertz CT molecular complexity index is 552. The first-order valence-electron chi connectivity index (χ1n) is 7.37. The van der Waals surface area contributed by atoms with Gasteiger partial charge < -0.3 is 10.0 Å². The van der Waals surface area contributed by atoms with Gasteiger partial charge in [0.15, 0.2) is 0 Å². The Morgan fingerprint density at radius 2 is 2.19 bits per heavy atom. The molecular weight excluding hydrogens is 264 g/mol. The van der Waals surface area contributed by atoms with Crippen LogP contribution in [0.4, 0.5) is 0 Å². The van der Waals surface area contributed by atoms with Gasteiger partial charge in [-0.1, -0.05) is 25.7 Å². The molecule has 1 saturated heterocycles. The van der Waals surface area contributed by atoms with E-state index in [4.69, 9.17) is 5.11 Å². The van der Waals surface area contributed by atoms with Gasteiger partial charge in [0.25, 0.3) is 5.91 Å². The number of aliphatic hydroxyl groups is 1. The molecule has 0 spiro atoms. The van der Waals surface area contributed by atoms with Gasteiger partial charge in [0.05, 0.1) is 0 Å². The average Bonchev–Trinajstić information content (AvgIpc) is 2.66. The van der Waals surface area contributed by atoms with E-state index in [2.05, 4.69) is 30.7 Å². The molecule has 2 heterocycles. The number of rotatable bonds is 1. The average molecular weight is 286 g/mol. The molecule has 4 nitrogen and oxygen atoms in total. The summed E-state index contributed by atoms with van der Waals surface area (Å²) in [4.78, 5) is 18.6. The summed E-state index contributed by atoms with van der Waals surface area (Å²) >= 11 is 0. The molecule has 2 rings (SSSR count). The maximum Gasteiger partial charge on any atom is 0.272 e. The number of hydrogen-bond donors (Lipinski definition) is 1. The van der Waals surface area contributed by atoms with Crippen LogP contribution in [0.3, 0.4) is 0 Å². The van der Waals surface area contributed by atoms with Gasteiger partial charge >= 0.3 is 0 Å². The number of likely N-dealkylation sites (tertiary alicyclic amines) is 1. The highest BCUT2D eigenvalue weighted by molar-refractivity contribution is 5.92. The van der Waals surface area contributed by atoms with Crippen molar-refractivity contribution in [1.82, 2.24) is 9.88 Å². The van der Waals surface area contributed by atoms with Crippen LogP contribution >= 0.6 is 0 Å². The third kappa shape index (κ3) is 4.30. The van der Waals surface area contributed by atoms with E-state index >= 15 is 0 Å². The molecule has 0 unspecified atom stereocenters. The molecule has 0 atom stereocenters. The van der Waals surface area contributed by atoms with Crippen molar-refractivity contribution in [3.63, 3.8) is 0 Å². The van der Waals surface area contributed by atoms with Crippen molar-refractivity contribution < 1.29 is 9.90 Å². The zero-order valence-corrected chi connectivity index (χ0v) is 12.7. The second-order valence-corrected chi connectivity index (χ2v) is 6.20. The van der Waals surface area contributed by atoms with Gasteiger partial charge in [0, 0.05) is 24.8 Å². The number of nitrogens with zero attached hydrogens (tertiary/aromatic N) is 2. The quantitative estimate of drug-likeness (QED) is 0.804. The minimum Gasteiger partial charge on any atom is -0.384 e. The van der Waals surface area contributed by atoms with Crippen LogP contribution in [0.1, 0.15) is 49.2 Å². The first-order chi connectivity index (χ1) is 10.0. The second-order valence-electron chi connectivity index (χ2n) is 6.20. The highest BCUT2D eigenvalue weighted by atomic mass is 16.2. The number of carbonyl (C=O) groups excluding carboxylic acids is 1. The molecule has 1 fully saturated rings. The molecule has 21 heavy (non-hydrogen) atoms. The van der Waals surface area contributed by atoms with Crippen molar-refractivity contribution >= 4 is 5.91 Å². The van der Waals surface area contributed by atoms with Gasteiger partial charge in [-0.2, -0.15) is 0 Å². The van der Waals surface area contributed by atoms with Crippen LogP contribution in [-0.2, 0) is 0 Å². The molecule has 112 valence electrons. The van der Waals surface area contributed by atoms with Crippen molar-refractivity contribution in [2.75, 3.05) is 19.7 Å². The molecule has 0 bridgehead atoms. The van der Waals surface area contributed by atoms with Crippen LogP contribution in [0.2, 0.25) is 0 Å². The second kappa shape index (κ2) is 6.73. The molecule has 1 aliphatic heterocycles. The van der Waals surface area contributed by atoms with Crippen molar-refractivity contribution in [2.45, 2.75) is 33.1 Å². The molecule has 1 aromatic heterocycles. The zero-order valence-electron chi connectivity index (χ0n) is 12.7. The fourth-order valence-corrected chi connectivity index (χ4v) is 2.52. The molecule has 1 amide bonds. The van der Waals surface area contributed by atoms with Crippen LogP contribution in [0.25, 0.3) is 0 Å². The highest BCUT2D eigenvalue weighted by Crippen LogP contribution is 2.30. The number of pyridine rings is 1. The topological polar surface area (TPSA) is 53.4 Å². The molecule has 1 aromatic rings. The van der Waals surface area contributed by atoms with E-state index in [1.807, 2.05) is 4.90 Å². The highest BCUT2D eigenvalue weighted by Gasteiger charge is 2.26. The number of carbonyl (C=O) groups is 1. The molecule has 0 aliphatic carbocycles. The smallest absolute Gasteiger partial charge is 0.272 e. The van der Waals surface area contributed by atoms with E-state index in [1.54, 1.807) is 18.3 Å². The van der Waals surface area contributed by atoms with Crippen molar-refractivity contribution in [3.05, 3.63) is 29.6 Å². The van der Waals surface area contributed by atoms with Gasteiger partial charge in [-0.15, -0.1) is 0 Å². The summed E-state index contributed by atoms with van der Waals surface area (Å²) in [7, 11) is 0. The largest absolute Gasteiger partial charge is 0.384 e. The summed E-state index contributed by atoms with van der Waals surface area (Å²) in [6.45, 7) is 5.93. The molecular formula is C17H22N2O2. The fourth-order valence-electron chi connectivity index (χ4n) is 2.52. The lowest BCUT2D eigenvalue weighted by atomic mass is 9.85. The Labute approximate surface area is 126 Å². The Balaban J connectivity index is 2.06. The van der Waals surface area contributed by atoms with Crippen LogP contribution in [-0.4, -0.2) is 40.6 Å². The van der Waals surface area contributed by atoms with Crippen LogP contribution in [0, 0.1) is 17.3 Å². The van der Waals surface area contributed by atoms with E-state index in [-0.39, 0.29) is 12.5 Å². The number of aliphatic hydroxyl groups excluding tert-OH is 1. The Kier molecular flexibility index (Phi) is 4.98. The number of aromatic nitrogens is 1. The Morgan fingerprint density at radius 1 is 1.38 bits per heavy atom. The van der Waals surface area contributed by atoms with E-state index in [1.165, 1.54) is 0 Å². The number of hydrogen-bond acceptors (Lipinski definition) is 3.